The summed E-state index contributed by atoms with van der Waals surface area (Å²) in [5, 5.41) is 0. The first-order valence-electron chi connectivity index (χ1n) is 6.55. The molecule has 0 radical (unpaired) electrons. The Morgan fingerprint density at radius 1 is 1.19 bits per heavy atom. The van der Waals surface area contributed by atoms with E-state index in [1.54, 1.807) is 7.11 Å². The second-order valence-electron chi connectivity index (χ2n) is 4.73. The summed E-state index contributed by atoms with van der Waals surface area (Å²) in [6, 6.07) is 14.2. The molecule has 0 unspecified atom stereocenters. The normalized spacial score (nSPS) is 11.0. The number of ether oxygens (including phenoxy) is 1. The molecular weight excluding hydrogens is 352 g/mol. The Balaban J connectivity index is 2.05. The summed E-state index contributed by atoms with van der Waals surface area (Å²) >= 11 is 9.50. The third-order valence-corrected chi connectivity index (χ3v) is 4.18. The Hall–Kier alpha value is -1.52. The molecule has 0 aliphatic carbocycles. The molecule has 0 fully saturated rings. The summed E-state index contributed by atoms with van der Waals surface area (Å²) in [5.74, 6) is 2.05. The lowest BCUT2D eigenvalue weighted by Crippen LogP contribution is -2.03. The number of halogens is 2. The summed E-state index contributed by atoms with van der Waals surface area (Å²) in [5.41, 5.74) is 3.18. The summed E-state index contributed by atoms with van der Waals surface area (Å²) in [7, 11) is 1.66. The molecule has 0 atom stereocenters. The van der Waals surface area contributed by atoms with Crippen molar-refractivity contribution in [3.8, 4) is 5.75 Å². The highest BCUT2D eigenvalue weighted by molar-refractivity contribution is 9.10. The number of methoxy groups -OCH3 is 1. The Bertz CT molecular complexity index is 768. The van der Waals surface area contributed by atoms with Crippen molar-refractivity contribution in [3.05, 3.63) is 58.3 Å². The smallest absolute Gasteiger partial charge is 0.125 e. The molecule has 0 N–H and O–H groups in total. The van der Waals surface area contributed by atoms with E-state index >= 15 is 0 Å². The van der Waals surface area contributed by atoms with Gasteiger partial charge in [0.05, 0.1) is 24.0 Å². The fourth-order valence-corrected chi connectivity index (χ4v) is 2.81. The van der Waals surface area contributed by atoms with E-state index in [2.05, 4.69) is 37.6 Å². The molecule has 3 aromatic rings. The van der Waals surface area contributed by atoms with Crippen LogP contribution in [0.5, 0.6) is 5.75 Å². The predicted molar refractivity (Wildman–Crippen MR) is 89.1 cm³/mol. The van der Waals surface area contributed by atoms with Crippen LogP contribution in [0.15, 0.2) is 46.9 Å². The van der Waals surface area contributed by atoms with Crippen molar-refractivity contribution in [2.45, 2.75) is 12.4 Å². The number of benzene rings is 2. The molecule has 0 amide bonds. The molecule has 21 heavy (non-hydrogen) atoms. The standard InChI is InChI=1S/C16H14BrClN2O/c1-21-13-6-7-15-14(8-13)19-16(9-18)20(15)10-11-2-4-12(17)5-3-11/h2-8H,9-10H2,1H3. The minimum Gasteiger partial charge on any atom is -0.497 e. The summed E-state index contributed by atoms with van der Waals surface area (Å²) in [6.07, 6.45) is 0. The average Bonchev–Trinajstić information content (AvgIpc) is 2.86. The van der Waals surface area contributed by atoms with Crippen LogP contribution in [0.2, 0.25) is 0 Å². The van der Waals surface area contributed by atoms with E-state index in [0.717, 1.165) is 33.6 Å². The number of imidazole rings is 1. The van der Waals surface area contributed by atoms with Gasteiger partial charge in [-0.25, -0.2) is 4.98 Å². The van der Waals surface area contributed by atoms with Crippen molar-refractivity contribution >= 4 is 38.6 Å². The SMILES string of the molecule is COc1ccc2c(c1)nc(CCl)n2Cc1ccc(Br)cc1. The van der Waals surface area contributed by atoms with Gasteiger partial charge < -0.3 is 9.30 Å². The third-order valence-electron chi connectivity index (χ3n) is 3.41. The van der Waals surface area contributed by atoms with Crippen LogP contribution in [0.3, 0.4) is 0 Å². The number of rotatable bonds is 4. The van der Waals surface area contributed by atoms with Crippen LogP contribution in [0.4, 0.5) is 0 Å². The Morgan fingerprint density at radius 3 is 2.62 bits per heavy atom. The fourth-order valence-electron chi connectivity index (χ4n) is 2.34. The number of fused-ring (bicyclic) bond motifs is 1. The molecule has 3 rings (SSSR count). The molecule has 1 aromatic heterocycles. The minimum absolute atomic E-state index is 0.382. The van der Waals surface area contributed by atoms with Crippen LogP contribution < -0.4 is 4.74 Å². The first-order chi connectivity index (χ1) is 10.2. The molecule has 0 bridgehead atoms. The zero-order valence-corrected chi connectivity index (χ0v) is 13.9. The molecule has 1 heterocycles. The molecule has 3 nitrogen and oxygen atoms in total. The molecular formula is C16H14BrClN2O. The van der Waals surface area contributed by atoms with Crippen LogP contribution in [-0.4, -0.2) is 16.7 Å². The monoisotopic (exact) mass is 364 g/mol. The first kappa shape index (κ1) is 14.4. The largest absolute Gasteiger partial charge is 0.497 e. The summed E-state index contributed by atoms with van der Waals surface area (Å²) < 4.78 is 8.47. The summed E-state index contributed by atoms with van der Waals surface area (Å²) in [4.78, 5) is 4.60. The maximum Gasteiger partial charge on any atom is 0.125 e. The minimum atomic E-state index is 0.382. The van der Waals surface area contributed by atoms with Crippen molar-refractivity contribution in [2.75, 3.05) is 7.11 Å². The van der Waals surface area contributed by atoms with Gasteiger partial charge in [-0.1, -0.05) is 28.1 Å². The van der Waals surface area contributed by atoms with Gasteiger partial charge in [0.25, 0.3) is 0 Å². The van der Waals surface area contributed by atoms with E-state index in [1.807, 2.05) is 30.3 Å². The second-order valence-corrected chi connectivity index (χ2v) is 5.91. The lowest BCUT2D eigenvalue weighted by atomic mass is 10.2. The van der Waals surface area contributed by atoms with E-state index in [9.17, 15) is 0 Å². The zero-order chi connectivity index (χ0) is 14.8. The van der Waals surface area contributed by atoms with Gasteiger partial charge in [0.1, 0.15) is 11.6 Å². The van der Waals surface area contributed by atoms with Crippen LogP contribution in [0.25, 0.3) is 11.0 Å². The Kier molecular flexibility index (Phi) is 4.17. The number of nitrogens with zero attached hydrogens (tertiary/aromatic N) is 2. The molecule has 0 saturated carbocycles. The highest BCUT2D eigenvalue weighted by Crippen LogP contribution is 2.24. The van der Waals surface area contributed by atoms with Crippen molar-refractivity contribution in [1.29, 1.82) is 0 Å². The number of alkyl halides is 1. The predicted octanol–water partition coefficient (Wildman–Crippen LogP) is 4.59. The van der Waals surface area contributed by atoms with Gasteiger partial charge in [-0.3, -0.25) is 0 Å². The maximum absolute atomic E-state index is 6.05. The van der Waals surface area contributed by atoms with Gasteiger partial charge in [-0.15, -0.1) is 11.6 Å². The lowest BCUT2D eigenvalue weighted by Gasteiger charge is -2.08. The van der Waals surface area contributed by atoms with Crippen LogP contribution in [0, 0.1) is 0 Å². The Labute approximate surface area is 136 Å². The molecule has 2 aromatic carbocycles. The van der Waals surface area contributed by atoms with E-state index in [4.69, 9.17) is 16.3 Å². The molecule has 0 aliphatic rings. The van der Waals surface area contributed by atoms with Gasteiger partial charge >= 0.3 is 0 Å². The number of hydrogen-bond donors (Lipinski definition) is 0. The van der Waals surface area contributed by atoms with Gasteiger partial charge in [-0.05, 0) is 29.8 Å². The number of aromatic nitrogens is 2. The molecule has 5 heteroatoms. The molecule has 0 saturated heterocycles. The van der Waals surface area contributed by atoms with Crippen molar-refractivity contribution < 1.29 is 4.74 Å². The van der Waals surface area contributed by atoms with Crippen LogP contribution >= 0.6 is 27.5 Å². The Morgan fingerprint density at radius 2 is 1.95 bits per heavy atom. The van der Waals surface area contributed by atoms with E-state index < -0.39 is 0 Å². The quantitative estimate of drug-likeness (QED) is 0.632. The van der Waals surface area contributed by atoms with Gasteiger partial charge in [0, 0.05) is 17.1 Å². The second kappa shape index (κ2) is 6.08. The van der Waals surface area contributed by atoms with E-state index in [0.29, 0.717) is 5.88 Å². The van der Waals surface area contributed by atoms with Gasteiger partial charge in [-0.2, -0.15) is 0 Å². The van der Waals surface area contributed by atoms with Crippen molar-refractivity contribution in [3.63, 3.8) is 0 Å². The zero-order valence-electron chi connectivity index (χ0n) is 11.5. The molecule has 0 aliphatic heterocycles. The molecule has 108 valence electrons. The maximum atomic E-state index is 6.05. The van der Waals surface area contributed by atoms with Crippen LogP contribution in [0.1, 0.15) is 11.4 Å². The average molecular weight is 366 g/mol. The van der Waals surface area contributed by atoms with Crippen molar-refractivity contribution in [2.24, 2.45) is 0 Å². The fraction of sp³-hybridized carbons (Fsp3) is 0.188. The van der Waals surface area contributed by atoms with Crippen molar-refractivity contribution in [1.82, 2.24) is 9.55 Å². The van der Waals surface area contributed by atoms with E-state index in [-0.39, 0.29) is 0 Å². The highest BCUT2D eigenvalue weighted by Gasteiger charge is 2.11. The molecule has 0 spiro atoms. The number of hydrogen-bond acceptors (Lipinski definition) is 2. The lowest BCUT2D eigenvalue weighted by molar-refractivity contribution is 0.415. The third kappa shape index (κ3) is 2.92. The topological polar surface area (TPSA) is 27.1 Å². The highest BCUT2D eigenvalue weighted by atomic mass is 79.9. The van der Waals surface area contributed by atoms with E-state index in [1.165, 1.54) is 5.56 Å². The van der Waals surface area contributed by atoms with Gasteiger partial charge in [0.2, 0.25) is 0 Å². The first-order valence-corrected chi connectivity index (χ1v) is 7.87. The summed E-state index contributed by atoms with van der Waals surface area (Å²) in [6.45, 7) is 0.748. The van der Waals surface area contributed by atoms with Gasteiger partial charge in [0.15, 0.2) is 0 Å². The van der Waals surface area contributed by atoms with Crippen LogP contribution in [-0.2, 0) is 12.4 Å².